The molecule has 1 saturated heterocycles. The first kappa shape index (κ1) is 25.4. The number of nitrogens with one attached hydrogen (secondary N) is 2. The van der Waals surface area contributed by atoms with Crippen molar-refractivity contribution in [1.82, 2.24) is 14.6 Å². The fourth-order valence-electron chi connectivity index (χ4n) is 4.69. The molecule has 9 heteroatoms. The van der Waals surface area contributed by atoms with E-state index in [4.69, 9.17) is 16.7 Å². The van der Waals surface area contributed by atoms with E-state index in [9.17, 15) is 13.8 Å². The Labute approximate surface area is 212 Å². The molecule has 3 aromatic rings. The van der Waals surface area contributed by atoms with Crippen LogP contribution in [0.4, 0.5) is 0 Å². The number of benzene rings is 2. The van der Waals surface area contributed by atoms with Crippen molar-refractivity contribution in [2.24, 2.45) is 5.92 Å². The first-order valence-corrected chi connectivity index (χ1v) is 13.4. The van der Waals surface area contributed by atoms with Crippen LogP contribution in [0.15, 0.2) is 59.6 Å². The van der Waals surface area contributed by atoms with Crippen LogP contribution in [0.2, 0.25) is 5.02 Å². The molecule has 1 aliphatic heterocycles. The Hall–Kier alpha value is -2.68. The molecule has 1 amide bonds. The number of nitrogens with zero attached hydrogens (tertiary/aromatic N) is 1. The molecule has 1 aromatic heterocycles. The minimum atomic E-state index is -1.60. The monoisotopic (exact) mass is 515 g/mol. The summed E-state index contributed by atoms with van der Waals surface area (Å²) in [5.41, 5.74) is 1.82. The first-order valence-electron chi connectivity index (χ1n) is 11.9. The van der Waals surface area contributed by atoms with Crippen molar-refractivity contribution < 1.29 is 18.9 Å². The van der Waals surface area contributed by atoms with E-state index < -0.39 is 23.0 Å². The predicted octanol–water partition coefficient (Wildman–Crippen LogP) is 4.54. The maximum Gasteiger partial charge on any atom is 0.303 e. The minimum absolute atomic E-state index is 0.103. The van der Waals surface area contributed by atoms with Gasteiger partial charge in [0, 0.05) is 41.6 Å². The average Bonchev–Trinajstić information content (AvgIpc) is 3.35. The number of amides is 1. The van der Waals surface area contributed by atoms with Gasteiger partial charge >= 0.3 is 5.97 Å². The number of carbonyl (C=O) groups is 2. The Morgan fingerprint density at radius 1 is 1.20 bits per heavy atom. The van der Waals surface area contributed by atoms with Gasteiger partial charge in [-0.2, -0.15) is 0 Å². The number of aromatic amines is 1. The van der Waals surface area contributed by atoms with Crippen LogP contribution in [0.1, 0.15) is 37.7 Å². The molecular weight excluding hydrogens is 486 g/mol. The van der Waals surface area contributed by atoms with Crippen molar-refractivity contribution in [3.05, 3.63) is 65.3 Å². The summed E-state index contributed by atoms with van der Waals surface area (Å²) in [6, 6.07) is 14.3. The lowest BCUT2D eigenvalue weighted by molar-refractivity contribution is -0.137. The van der Waals surface area contributed by atoms with Gasteiger partial charge < -0.3 is 15.0 Å². The molecule has 0 bridgehead atoms. The topological polar surface area (TPSA) is 102 Å². The largest absolute Gasteiger partial charge is 0.481 e. The number of rotatable bonds is 10. The Morgan fingerprint density at radius 2 is 2.03 bits per heavy atom. The highest BCUT2D eigenvalue weighted by atomic mass is 35.5. The molecule has 1 fully saturated rings. The second-order valence-electron chi connectivity index (χ2n) is 8.99. The van der Waals surface area contributed by atoms with Gasteiger partial charge in [-0.15, -0.1) is 0 Å². The number of hydrogen-bond acceptors (Lipinski definition) is 3. The normalized spacial score (nSPS) is 17.9. The molecule has 35 heavy (non-hydrogen) atoms. The van der Waals surface area contributed by atoms with Gasteiger partial charge in [0.25, 0.3) is 0 Å². The summed E-state index contributed by atoms with van der Waals surface area (Å²) >= 11 is 6.34. The van der Waals surface area contributed by atoms with Gasteiger partial charge in [0.15, 0.2) is 0 Å². The quantitative estimate of drug-likeness (QED) is 0.369. The zero-order valence-electron chi connectivity index (χ0n) is 19.4. The number of halogens is 1. The third-order valence-corrected chi connectivity index (χ3v) is 8.18. The Bertz CT molecular complexity index is 1210. The summed E-state index contributed by atoms with van der Waals surface area (Å²) in [6.45, 7) is 1.14. The second-order valence-corrected chi connectivity index (χ2v) is 10.6. The molecule has 4 rings (SSSR count). The third-order valence-electron chi connectivity index (χ3n) is 6.56. The van der Waals surface area contributed by atoms with Crippen molar-refractivity contribution in [3.8, 4) is 0 Å². The third kappa shape index (κ3) is 6.51. The molecule has 0 saturated carbocycles. The van der Waals surface area contributed by atoms with E-state index in [1.165, 1.54) is 0 Å². The molecule has 3 unspecified atom stereocenters. The van der Waals surface area contributed by atoms with E-state index in [0.29, 0.717) is 42.3 Å². The zero-order chi connectivity index (χ0) is 24.8. The van der Waals surface area contributed by atoms with Gasteiger partial charge in [-0.05, 0) is 67.9 Å². The number of carboxylic acid groups (broad SMARTS) is 1. The van der Waals surface area contributed by atoms with Gasteiger partial charge in [-0.1, -0.05) is 35.9 Å². The highest BCUT2D eigenvalue weighted by Gasteiger charge is 2.30. The molecule has 3 N–H and O–H groups in total. The number of piperidine rings is 1. The smallest absolute Gasteiger partial charge is 0.303 e. The number of aliphatic carboxylic acids is 1. The van der Waals surface area contributed by atoms with Gasteiger partial charge in [0.1, 0.15) is 11.0 Å². The van der Waals surface area contributed by atoms with Crippen molar-refractivity contribution in [1.29, 1.82) is 0 Å². The van der Waals surface area contributed by atoms with E-state index >= 15 is 0 Å². The van der Waals surface area contributed by atoms with E-state index in [1.54, 1.807) is 17.2 Å². The fraction of sp³-hybridized carbons (Fsp3) is 0.385. The van der Waals surface area contributed by atoms with Crippen molar-refractivity contribution >= 4 is 45.4 Å². The van der Waals surface area contributed by atoms with Crippen LogP contribution in [-0.4, -0.2) is 50.2 Å². The highest BCUT2D eigenvalue weighted by molar-refractivity contribution is 7.83. The van der Waals surface area contributed by atoms with Crippen molar-refractivity contribution in [3.63, 3.8) is 0 Å². The van der Waals surface area contributed by atoms with Crippen LogP contribution in [0.5, 0.6) is 0 Å². The number of fused-ring (bicyclic) bond motifs is 1. The summed E-state index contributed by atoms with van der Waals surface area (Å²) in [6.07, 6.45) is 5.20. The first-order chi connectivity index (χ1) is 16.9. The summed E-state index contributed by atoms with van der Waals surface area (Å²) in [5.74, 6) is -0.763. The molecule has 2 heterocycles. The minimum Gasteiger partial charge on any atom is -0.481 e. The SMILES string of the molecule is O=C(O)CCC1CCCN(C(=O)C(CCc2ccccc2Cl)NS(=O)c2cccc3[nH]ccc23)C1. The summed E-state index contributed by atoms with van der Waals surface area (Å²) in [5, 5.41) is 10.5. The van der Waals surface area contributed by atoms with Crippen LogP contribution < -0.4 is 4.72 Å². The zero-order valence-corrected chi connectivity index (χ0v) is 21.0. The predicted molar refractivity (Wildman–Crippen MR) is 138 cm³/mol. The summed E-state index contributed by atoms with van der Waals surface area (Å²) in [7, 11) is -1.60. The number of aromatic nitrogens is 1. The highest BCUT2D eigenvalue weighted by Crippen LogP contribution is 2.25. The Morgan fingerprint density at radius 3 is 2.83 bits per heavy atom. The molecule has 1 aliphatic rings. The van der Waals surface area contributed by atoms with Crippen molar-refractivity contribution in [2.45, 2.75) is 49.5 Å². The van der Waals surface area contributed by atoms with Gasteiger partial charge in [-0.25, -0.2) is 8.93 Å². The van der Waals surface area contributed by atoms with E-state index in [2.05, 4.69) is 9.71 Å². The van der Waals surface area contributed by atoms with E-state index in [-0.39, 0.29) is 18.2 Å². The number of H-pyrrole nitrogens is 1. The molecule has 7 nitrogen and oxygen atoms in total. The van der Waals surface area contributed by atoms with E-state index in [1.807, 2.05) is 42.5 Å². The summed E-state index contributed by atoms with van der Waals surface area (Å²) in [4.78, 5) is 30.2. The van der Waals surface area contributed by atoms with Crippen LogP contribution in [0, 0.1) is 5.92 Å². The Kier molecular flexibility index (Phi) is 8.59. The molecule has 0 spiro atoms. The lowest BCUT2D eigenvalue weighted by Gasteiger charge is -2.35. The standard InChI is InChI=1S/C26H30ClN3O4S/c27-21-7-2-1-6-19(21)11-12-23(26(33)30-16-4-5-18(17-30)10-13-25(31)32)29-35(34)24-9-3-8-22-20(24)14-15-28-22/h1-3,6-9,14-15,18,23,28-29H,4-5,10-13,16-17H2,(H,31,32). The van der Waals surface area contributed by atoms with Crippen LogP contribution in [-0.2, 0) is 27.0 Å². The molecule has 0 radical (unpaired) electrons. The lowest BCUT2D eigenvalue weighted by Crippen LogP contribution is -2.50. The van der Waals surface area contributed by atoms with Crippen LogP contribution in [0.25, 0.3) is 10.9 Å². The van der Waals surface area contributed by atoms with Crippen LogP contribution in [0.3, 0.4) is 0 Å². The van der Waals surface area contributed by atoms with Crippen LogP contribution >= 0.6 is 11.6 Å². The molecule has 0 aliphatic carbocycles. The molecule has 186 valence electrons. The number of hydrogen-bond donors (Lipinski definition) is 3. The maximum absolute atomic E-state index is 13.6. The number of likely N-dealkylation sites (tertiary alicyclic amines) is 1. The van der Waals surface area contributed by atoms with Gasteiger partial charge in [0.2, 0.25) is 5.91 Å². The number of carboxylic acids is 1. The van der Waals surface area contributed by atoms with E-state index in [0.717, 1.165) is 29.3 Å². The van der Waals surface area contributed by atoms with Crippen molar-refractivity contribution in [2.75, 3.05) is 13.1 Å². The van der Waals surface area contributed by atoms with Gasteiger partial charge in [-0.3, -0.25) is 9.59 Å². The number of aryl methyl sites for hydroxylation is 1. The second kappa shape index (κ2) is 11.8. The molecule has 3 atom stereocenters. The molecular formula is C26H30ClN3O4S. The Balaban J connectivity index is 1.51. The molecule has 2 aromatic carbocycles. The lowest BCUT2D eigenvalue weighted by atomic mass is 9.92. The fourth-order valence-corrected chi connectivity index (χ4v) is 6.11. The average molecular weight is 516 g/mol. The van der Waals surface area contributed by atoms with Gasteiger partial charge in [0.05, 0.1) is 10.9 Å². The summed E-state index contributed by atoms with van der Waals surface area (Å²) < 4.78 is 16.5. The number of carbonyl (C=O) groups excluding carboxylic acids is 1. The maximum atomic E-state index is 13.6.